The molecule has 0 amide bonds. The third kappa shape index (κ3) is 4.71. The average Bonchev–Trinajstić information content (AvgIpc) is 2.53. The van der Waals surface area contributed by atoms with Gasteiger partial charge in [0.15, 0.2) is 17.3 Å². The molecule has 1 saturated heterocycles. The Kier molecular flexibility index (Phi) is 6.21. The molecule has 1 aliphatic rings. The molecule has 0 radical (unpaired) electrons. The molecule has 0 saturated carbocycles. The molecule has 0 aliphatic carbocycles. The van der Waals surface area contributed by atoms with Gasteiger partial charge >= 0.3 is 0 Å². The van der Waals surface area contributed by atoms with Crippen LogP contribution in [-0.4, -0.2) is 55.2 Å². The lowest BCUT2D eigenvalue weighted by molar-refractivity contribution is 0.0608. The van der Waals surface area contributed by atoms with Crippen molar-refractivity contribution in [2.75, 3.05) is 33.4 Å². The van der Waals surface area contributed by atoms with E-state index in [1.807, 2.05) is 0 Å². The summed E-state index contributed by atoms with van der Waals surface area (Å²) >= 11 is 0. The number of hydrogen-bond acceptors (Lipinski definition) is 5. The van der Waals surface area contributed by atoms with Crippen molar-refractivity contribution in [1.82, 2.24) is 4.90 Å². The highest BCUT2D eigenvalue weighted by Gasteiger charge is 2.16. The van der Waals surface area contributed by atoms with E-state index in [4.69, 9.17) is 9.47 Å². The number of ether oxygens (including phenoxy) is 2. The fraction of sp³-hybridized carbons (Fsp3) is 0.588. The molecule has 1 heterocycles. The number of benzene rings is 1. The molecule has 0 aromatic heterocycles. The number of carbonyl (C=O) groups excluding carboxylic acids is 1. The Morgan fingerprint density at radius 2 is 2.00 bits per heavy atom. The van der Waals surface area contributed by atoms with Crippen molar-refractivity contribution in [3.63, 3.8) is 0 Å². The Morgan fingerprint density at radius 1 is 1.27 bits per heavy atom. The van der Waals surface area contributed by atoms with Crippen molar-refractivity contribution in [3.05, 3.63) is 23.8 Å². The zero-order valence-electron chi connectivity index (χ0n) is 13.4. The Bertz CT molecular complexity index is 497. The summed E-state index contributed by atoms with van der Waals surface area (Å²) in [5, 5.41) is 10.1. The summed E-state index contributed by atoms with van der Waals surface area (Å²) in [6.45, 7) is 4.46. The first-order valence-corrected chi connectivity index (χ1v) is 7.82. The van der Waals surface area contributed by atoms with Gasteiger partial charge in [0.2, 0.25) is 0 Å². The molecule has 2 rings (SSSR count). The maximum Gasteiger partial charge on any atom is 0.161 e. The molecule has 1 aliphatic heterocycles. The fourth-order valence-corrected chi connectivity index (χ4v) is 2.68. The summed E-state index contributed by atoms with van der Waals surface area (Å²) in [6, 6.07) is 5.08. The second kappa shape index (κ2) is 8.15. The van der Waals surface area contributed by atoms with Crippen molar-refractivity contribution in [2.45, 2.75) is 32.3 Å². The van der Waals surface area contributed by atoms with Crippen LogP contribution in [0.25, 0.3) is 0 Å². The van der Waals surface area contributed by atoms with Gasteiger partial charge in [-0.25, -0.2) is 0 Å². The summed E-state index contributed by atoms with van der Waals surface area (Å²) in [7, 11) is 1.54. The Balaban J connectivity index is 1.88. The second-order valence-electron chi connectivity index (χ2n) is 5.75. The number of likely N-dealkylation sites (tertiary alicyclic amines) is 1. The molecule has 1 aromatic rings. The first-order chi connectivity index (χ1) is 10.6. The Labute approximate surface area is 131 Å². The van der Waals surface area contributed by atoms with E-state index in [9.17, 15) is 9.90 Å². The number of β-amino-alcohol motifs (C(OH)–C–C–N with tert-alkyl or cyclic N) is 1. The van der Waals surface area contributed by atoms with E-state index in [-0.39, 0.29) is 12.4 Å². The van der Waals surface area contributed by atoms with Crippen LogP contribution in [0.1, 0.15) is 36.5 Å². The van der Waals surface area contributed by atoms with E-state index in [1.165, 1.54) is 33.3 Å². The van der Waals surface area contributed by atoms with Gasteiger partial charge in [-0.15, -0.1) is 0 Å². The number of nitrogens with zero attached hydrogens (tertiary/aromatic N) is 1. The summed E-state index contributed by atoms with van der Waals surface area (Å²) < 4.78 is 10.9. The smallest absolute Gasteiger partial charge is 0.161 e. The maximum atomic E-state index is 11.4. The summed E-state index contributed by atoms with van der Waals surface area (Å²) in [6.07, 6.45) is 3.15. The predicted octanol–water partition coefficient (Wildman–Crippen LogP) is 2.12. The van der Waals surface area contributed by atoms with Crippen molar-refractivity contribution in [3.8, 4) is 11.5 Å². The quantitative estimate of drug-likeness (QED) is 0.782. The number of hydrogen-bond donors (Lipinski definition) is 1. The lowest BCUT2D eigenvalue weighted by Gasteiger charge is -2.28. The van der Waals surface area contributed by atoms with Crippen molar-refractivity contribution in [2.24, 2.45) is 0 Å². The van der Waals surface area contributed by atoms with Crippen molar-refractivity contribution in [1.29, 1.82) is 0 Å². The van der Waals surface area contributed by atoms with Gasteiger partial charge < -0.3 is 19.5 Å². The van der Waals surface area contributed by atoms with E-state index >= 15 is 0 Å². The molecule has 1 N–H and O–H groups in total. The average molecular weight is 307 g/mol. The van der Waals surface area contributed by atoms with E-state index in [0.29, 0.717) is 23.6 Å². The molecule has 22 heavy (non-hydrogen) atoms. The zero-order chi connectivity index (χ0) is 15.9. The monoisotopic (exact) mass is 307 g/mol. The molecule has 1 aromatic carbocycles. The minimum atomic E-state index is -0.532. The highest BCUT2D eigenvalue weighted by atomic mass is 16.5. The lowest BCUT2D eigenvalue weighted by Crippen LogP contribution is -2.38. The number of methoxy groups -OCH3 is 1. The molecule has 5 heteroatoms. The van der Waals surface area contributed by atoms with Gasteiger partial charge in [-0.2, -0.15) is 0 Å². The van der Waals surface area contributed by atoms with Crippen LogP contribution in [0.2, 0.25) is 0 Å². The third-order valence-corrected chi connectivity index (χ3v) is 3.92. The summed E-state index contributed by atoms with van der Waals surface area (Å²) in [5.74, 6) is 1.04. The predicted molar refractivity (Wildman–Crippen MR) is 84.8 cm³/mol. The highest BCUT2D eigenvalue weighted by molar-refractivity contribution is 5.94. The van der Waals surface area contributed by atoms with Gasteiger partial charge in [-0.05, 0) is 51.1 Å². The molecular formula is C17H25NO4. The number of ketones is 1. The first kappa shape index (κ1) is 16.8. The molecule has 1 fully saturated rings. The Morgan fingerprint density at radius 3 is 2.64 bits per heavy atom. The van der Waals surface area contributed by atoms with Crippen molar-refractivity contribution < 1.29 is 19.4 Å². The highest BCUT2D eigenvalue weighted by Crippen LogP contribution is 2.28. The maximum absolute atomic E-state index is 11.4. The van der Waals surface area contributed by atoms with Gasteiger partial charge in [0.05, 0.1) is 7.11 Å². The van der Waals surface area contributed by atoms with Crippen LogP contribution in [0, 0.1) is 0 Å². The standard InChI is InChI=1S/C17H25NO4/c1-13(19)14-6-7-16(17(10-14)21-2)22-12-15(20)11-18-8-4-3-5-9-18/h6-7,10,15,20H,3-5,8-9,11-12H2,1-2H3/t15-/m1/s1. The molecule has 0 unspecified atom stereocenters. The number of Topliss-reactive ketones (excluding diaryl/α,β-unsaturated/α-hetero) is 1. The number of carbonyl (C=O) groups is 1. The van der Waals surface area contributed by atoms with Crippen LogP contribution >= 0.6 is 0 Å². The fourth-order valence-electron chi connectivity index (χ4n) is 2.68. The zero-order valence-corrected chi connectivity index (χ0v) is 13.4. The van der Waals surface area contributed by atoms with Crippen LogP contribution in [0.15, 0.2) is 18.2 Å². The van der Waals surface area contributed by atoms with E-state index < -0.39 is 6.10 Å². The molecule has 1 atom stereocenters. The number of rotatable bonds is 7. The summed E-state index contributed by atoms with van der Waals surface area (Å²) in [4.78, 5) is 13.6. The first-order valence-electron chi connectivity index (χ1n) is 7.82. The SMILES string of the molecule is COc1cc(C(C)=O)ccc1OC[C@H](O)CN1CCCCC1. The number of aliphatic hydroxyl groups excluding tert-OH is 1. The molecule has 5 nitrogen and oxygen atoms in total. The second-order valence-corrected chi connectivity index (χ2v) is 5.75. The molecular weight excluding hydrogens is 282 g/mol. The van der Waals surface area contributed by atoms with Gasteiger partial charge in [-0.3, -0.25) is 4.79 Å². The number of piperidine rings is 1. The Hall–Kier alpha value is -1.59. The third-order valence-electron chi connectivity index (χ3n) is 3.92. The normalized spacial score (nSPS) is 17.0. The minimum absolute atomic E-state index is 0.0185. The van der Waals surface area contributed by atoms with Crippen molar-refractivity contribution >= 4 is 5.78 Å². The van der Waals surface area contributed by atoms with Crippen LogP contribution < -0.4 is 9.47 Å². The van der Waals surface area contributed by atoms with Gasteiger partial charge in [0, 0.05) is 12.1 Å². The topological polar surface area (TPSA) is 59.0 Å². The molecule has 0 spiro atoms. The van der Waals surface area contributed by atoms with Crippen LogP contribution in [-0.2, 0) is 0 Å². The van der Waals surface area contributed by atoms with Crippen LogP contribution in [0.5, 0.6) is 11.5 Å². The van der Waals surface area contributed by atoms with Gasteiger partial charge in [0.25, 0.3) is 0 Å². The molecule has 0 bridgehead atoms. The van der Waals surface area contributed by atoms with E-state index in [2.05, 4.69) is 4.90 Å². The van der Waals surface area contributed by atoms with E-state index in [1.54, 1.807) is 18.2 Å². The lowest BCUT2D eigenvalue weighted by atomic mass is 10.1. The van der Waals surface area contributed by atoms with Gasteiger partial charge in [-0.1, -0.05) is 6.42 Å². The van der Waals surface area contributed by atoms with E-state index in [0.717, 1.165) is 13.1 Å². The minimum Gasteiger partial charge on any atom is -0.493 e. The summed E-state index contributed by atoms with van der Waals surface area (Å²) in [5.41, 5.74) is 0.582. The molecule has 122 valence electrons. The largest absolute Gasteiger partial charge is 0.493 e. The van der Waals surface area contributed by atoms with Crippen LogP contribution in [0.4, 0.5) is 0 Å². The van der Waals surface area contributed by atoms with Gasteiger partial charge in [0.1, 0.15) is 12.7 Å². The number of aliphatic hydroxyl groups is 1. The van der Waals surface area contributed by atoms with Crippen LogP contribution in [0.3, 0.4) is 0 Å².